The minimum atomic E-state index is 0.0451. The van der Waals surface area contributed by atoms with Crippen LogP contribution in [-0.2, 0) is 11.2 Å². The molecular formula is C22H27ClN6O. The van der Waals surface area contributed by atoms with E-state index in [0.717, 1.165) is 54.2 Å². The molecule has 0 bridgehead atoms. The monoisotopic (exact) mass is 426 g/mol. The van der Waals surface area contributed by atoms with Gasteiger partial charge >= 0.3 is 0 Å². The van der Waals surface area contributed by atoms with Crippen LogP contribution in [0, 0.1) is 0 Å². The first kappa shape index (κ1) is 20.6. The molecule has 0 saturated carbocycles. The molecule has 3 heterocycles. The van der Waals surface area contributed by atoms with Gasteiger partial charge in [-0.3, -0.25) is 4.79 Å². The zero-order chi connectivity index (χ0) is 21.1. The molecule has 0 aliphatic carbocycles. The number of benzene rings is 1. The Morgan fingerprint density at radius 2 is 2.13 bits per heavy atom. The van der Waals surface area contributed by atoms with E-state index in [9.17, 15) is 4.79 Å². The van der Waals surface area contributed by atoms with Crippen molar-refractivity contribution in [1.29, 1.82) is 0 Å². The Bertz CT molecular complexity index is 1030. The van der Waals surface area contributed by atoms with Gasteiger partial charge in [0, 0.05) is 38.2 Å². The molecule has 2 aromatic heterocycles. The van der Waals surface area contributed by atoms with Crippen molar-refractivity contribution in [2.24, 2.45) is 0 Å². The Hall–Kier alpha value is -2.64. The molecule has 8 heteroatoms. The summed E-state index contributed by atoms with van der Waals surface area (Å²) in [6, 6.07) is 8.45. The number of aromatic amines is 1. The Morgan fingerprint density at radius 3 is 2.83 bits per heavy atom. The maximum Gasteiger partial charge on any atom is 0.220 e. The van der Waals surface area contributed by atoms with Gasteiger partial charge in [-0.15, -0.1) is 0 Å². The van der Waals surface area contributed by atoms with Crippen molar-refractivity contribution in [2.75, 3.05) is 32.0 Å². The van der Waals surface area contributed by atoms with Gasteiger partial charge in [-0.1, -0.05) is 42.8 Å². The number of nitrogens with one attached hydrogen (secondary N) is 3. The molecule has 1 fully saturated rings. The van der Waals surface area contributed by atoms with Crippen LogP contribution < -0.4 is 10.6 Å². The smallest absolute Gasteiger partial charge is 0.220 e. The number of hydrogen-bond acceptors (Lipinski definition) is 5. The molecule has 0 spiro atoms. The molecule has 1 amide bonds. The fraction of sp³-hybridized carbons (Fsp3) is 0.409. The highest BCUT2D eigenvalue weighted by Crippen LogP contribution is 2.32. The summed E-state index contributed by atoms with van der Waals surface area (Å²) in [5, 5.41) is 6.84. The fourth-order valence-electron chi connectivity index (χ4n) is 3.87. The number of amides is 1. The van der Waals surface area contributed by atoms with Gasteiger partial charge in [-0.2, -0.15) is 0 Å². The van der Waals surface area contributed by atoms with E-state index in [2.05, 4.69) is 37.4 Å². The first-order valence-electron chi connectivity index (χ1n) is 10.4. The minimum absolute atomic E-state index is 0.0451. The molecule has 0 unspecified atom stereocenters. The number of aromatic nitrogens is 3. The largest absolute Gasteiger partial charge is 0.378 e. The quantitative estimate of drug-likeness (QED) is 0.538. The normalized spacial score (nSPS) is 16.8. The number of hydrogen-bond donors (Lipinski definition) is 3. The zero-order valence-electron chi connectivity index (χ0n) is 17.3. The second-order valence-corrected chi connectivity index (χ2v) is 8.07. The van der Waals surface area contributed by atoms with Crippen LogP contribution in [0.25, 0.3) is 22.6 Å². The number of anilines is 1. The van der Waals surface area contributed by atoms with Crippen LogP contribution in [0.1, 0.15) is 25.3 Å². The number of likely N-dealkylation sites (tertiary alicyclic amines) is 1. The van der Waals surface area contributed by atoms with Crippen molar-refractivity contribution in [1.82, 2.24) is 25.2 Å². The number of carbonyl (C=O) groups excluding carboxylic acids is 1. The summed E-state index contributed by atoms with van der Waals surface area (Å²) in [5.74, 6) is 0.797. The van der Waals surface area contributed by atoms with Crippen molar-refractivity contribution >= 4 is 34.4 Å². The maximum absolute atomic E-state index is 11.4. The summed E-state index contributed by atoms with van der Waals surface area (Å²) < 4.78 is 0. The topological polar surface area (TPSA) is 85.9 Å². The predicted molar refractivity (Wildman–Crippen MR) is 121 cm³/mol. The molecule has 1 saturated heterocycles. The Kier molecular flexibility index (Phi) is 6.20. The van der Waals surface area contributed by atoms with Crippen molar-refractivity contribution in [3.63, 3.8) is 0 Å². The lowest BCUT2D eigenvalue weighted by Crippen LogP contribution is -2.26. The SMILES string of the molecule is CCN1CC[C@H](Nc2c(Cl)cnc3nc(-c4ccc(CCC(=O)NC)cc4)[nH]c23)C1. The van der Waals surface area contributed by atoms with Gasteiger partial charge in [0.2, 0.25) is 5.91 Å². The lowest BCUT2D eigenvalue weighted by atomic mass is 10.1. The van der Waals surface area contributed by atoms with E-state index < -0.39 is 0 Å². The van der Waals surface area contributed by atoms with E-state index in [-0.39, 0.29) is 5.91 Å². The van der Waals surface area contributed by atoms with Crippen molar-refractivity contribution in [3.8, 4) is 11.4 Å². The molecule has 0 radical (unpaired) electrons. The summed E-state index contributed by atoms with van der Waals surface area (Å²) in [6.07, 6.45) is 3.94. The highest BCUT2D eigenvalue weighted by atomic mass is 35.5. The molecule has 1 aliphatic heterocycles. The van der Waals surface area contributed by atoms with Crippen LogP contribution in [-0.4, -0.2) is 58.5 Å². The van der Waals surface area contributed by atoms with Crippen LogP contribution in [0.5, 0.6) is 0 Å². The van der Waals surface area contributed by atoms with Gasteiger partial charge in [-0.25, -0.2) is 9.97 Å². The van der Waals surface area contributed by atoms with Gasteiger partial charge in [0.15, 0.2) is 5.65 Å². The van der Waals surface area contributed by atoms with E-state index in [4.69, 9.17) is 11.6 Å². The highest BCUT2D eigenvalue weighted by Gasteiger charge is 2.23. The van der Waals surface area contributed by atoms with Gasteiger partial charge in [-0.05, 0) is 24.9 Å². The molecule has 3 N–H and O–H groups in total. The van der Waals surface area contributed by atoms with E-state index in [1.165, 1.54) is 0 Å². The summed E-state index contributed by atoms with van der Waals surface area (Å²) in [7, 11) is 1.66. The van der Waals surface area contributed by atoms with Crippen LogP contribution in [0.4, 0.5) is 5.69 Å². The number of halogens is 1. The minimum Gasteiger partial charge on any atom is -0.378 e. The van der Waals surface area contributed by atoms with E-state index in [0.29, 0.717) is 29.6 Å². The summed E-state index contributed by atoms with van der Waals surface area (Å²) in [5.41, 5.74) is 4.42. The Balaban J connectivity index is 1.55. The number of carbonyl (C=O) groups is 1. The van der Waals surface area contributed by atoms with Crippen LogP contribution in [0.2, 0.25) is 5.02 Å². The first-order chi connectivity index (χ1) is 14.6. The standard InChI is InChI=1S/C22H27ClN6O/c1-3-29-11-10-16(13-29)26-19-17(23)12-25-22-20(19)27-21(28-22)15-7-4-14(5-8-15)6-9-18(30)24-2/h4-5,7-8,12,16H,3,6,9-11,13H2,1-2H3,(H,24,30)(H2,25,26,27,28)/t16-/m0/s1. The van der Waals surface area contributed by atoms with Crippen molar-refractivity contribution in [3.05, 3.63) is 41.0 Å². The lowest BCUT2D eigenvalue weighted by molar-refractivity contribution is -0.120. The van der Waals surface area contributed by atoms with E-state index in [1.807, 2.05) is 24.3 Å². The van der Waals surface area contributed by atoms with Gasteiger partial charge in [0.1, 0.15) is 11.3 Å². The molecule has 7 nitrogen and oxygen atoms in total. The van der Waals surface area contributed by atoms with Crippen molar-refractivity contribution < 1.29 is 4.79 Å². The van der Waals surface area contributed by atoms with E-state index in [1.54, 1.807) is 13.2 Å². The number of aryl methyl sites for hydroxylation is 1. The lowest BCUT2D eigenvalue weighted by Gasteiger charge is -2.16. The molecule has 4 rings (SSSR count). The molecule has 30 heavy (non-hydrogen) atoms. The van der Waals surface area contributed by atoms with Crippen molar-refractivity contribution in [2.45, 2.75) is 32.2 Å². The molecule has 158 valence electrons. The van der Waals surface area contributed by atoms with Gasteiger partial charge in [0.05, 0.1) is 16.9 Å². The molecule has 1 aliphatic rings. The summed E-state index contributed by atoms with van der Waals surface area (Å²) >= 11 is 6.48. The maximum atomic E-state index is 11.4. The molecule has 3 aromatic rings. The Morgan fingerprint density at radius 1 is 1.33 bits per heavy atom. The summed E-state index contributed by atoms with van der Waals surface area (Å²) in [6.45, 7) is 5.35. The number of likely N-dealkylation sites (N-methyl/N-ethyl adjacent to an activating group) is 1. The van der Waals surface area contributed by atoms with Crippen LogP contribution in [0.3, 0.4) is 0 Å². The molecule has 1 aromatic carbocycles. The second kappa shape index (κ2) is 9.02. The zero-order valence-corrected chi connectivity index (χ0v) is 18.1. The number of imidazole rings is 1. The second-order valence-electron chi connectivity index (χ2n) is 7.66. The number of nitrogens with zero attached hydrogens (tertiary/aromatic N) is 3. The third-order valence-electron chi connectivity index (χ3n) is 5.69. The number of fused-ring (bicyclic) bond motifs is 1. The number of pyridine rings is 1. The first-order valence-corrected chi connectivity index (χ1v) is 10.8. The van der Waals surface area contributed by atoms with E-state index >= 15 is 0 Å². The average molecular weight is 427 g/mol. The predicted octanol–water partition coefficient (Wildman–Crippen LogP) is 3.46. The van der Waals surface area contributed by atoms with Gasteiger partial charge in [0.25, 0.3) is 0 Å². The number of rotatable bonds is 7. The molecular weight excluding hydrogens is 400 g/mol. The summed E-state index contributed by atoms with van der Waals surface area (Å²) in [4.78, 5) is 26.3. The Labute approximate surface area is 181 Å². The molecule has 1 atom stereocenters. The average Bonchev–Trinajstić information content (AvgIpc) is 3.41. The fourth-order valence-corrected chi connectivity index (χ4v) is 4.06. The number of H-pyrrole nitrogens is 1. The van der Waals surface area contributed by atoms with Crippen LogP contribution in [0.15, 0.2) is 30.5 Å². The third-order valence-corrected chi connectivity index (χ3v) is 5.98. The van der Waals surface area contributed by atoms with Crippen LogP contribution >= 0.6 is 11.6 Å². The highest BCUT2D eigenvalue weighted by molar-refractivity contribution is 6.34. The third kappa shape index (κ3) is 4.42. The van der Waals surface area contributed by atoms with Gasteiger partial charge < -0.3 is 20.5 Å².